The molecule has 99 heavy (non-hydrogen) atoms. The van der Waals surface area contributed by atoms with E-state index >= 15 is 0 Å². The molecule has 37 nitrogen and oxygen atoms in total. The maximum atomic E-state index is 14.7. The van der Waals surface area contributed by atoms with Gasteiger partial charge in [-0.25, -0.2) is 14.3 Å². The summed E-state index contributed by atoms with van der Waals surface area (Å²) < 4.78 is 9.31. The molecule has 0 fully saturated rings. The molecule has 14 N–H and O–H groups in total. The van der Waals surface area contributed by atoms with Gasteiger partial charge in [-0.05, 0) is 69.9 Å². The van der Waals surface area contributed by atoms with Crippen molar-refractivity contribution in [2.45, 2.75) is 51.6 Å². The highest BCUT2D eigenvalue weighted by molar-refractivity contribution is 6.09. The highest BCUT2D eigenvalue weighted by Gasteiger charge is 2.36. The van der Waals surface area contributed by atoms with Gasteiger partial charge in [0.15, 0.2) is 12.0 Å². The smallest absolute Gasteiger partial charge is 0.292 e. The zero-order valence-corrected chi connectivity index (χ0v) is 54.9. The molecule has 37 heteroatoms. The van der Waals surface area contributed by atoms with Gasteiger partial charge in [-0.2, -0.15) is 0 Å². The van der Waals surface area contributed by atoms with Crippen molar-refractivity contribution in [3.05, 3.63) is 132 Å². The van der Waals surface area contributed by atoms with E-state index in [1.54, 1.807) is 21.1 Å². The lowest BCUT2D eigenvalue weighted by atomic mass is 10.3. The fraction of sp³-hybridized carbons (Fsp3) is 0.323. The summed E-state index contributed by atoms with van der Waals surface area (Å²) in [6, 6.07) is 8.08. The summed E-state index contributed by atoms with van der Waals surface area (Å²) in [5.74, 6) is -8.60. The molecule has 10 rings (SSSR count). The molecule has 0 spiro atoms. The zero-order chi connectivity index (χ0) is 70.9. The van der Waals surface area contributed by atoms with Gasteiger partial charge >= 0.3 is 0 Å². The van der Waals surface area contributed by atoms with Crippen LogP contribution >= 0.6 is 0 Å². The summed E-state index contributed by atoms with van der Waals surface area (Å²) in [5.41, 5.74) is 0.247. The topological polar surface area (TPSA) is 444 Å². The number of anilines is 7. The number of fused-ring (bicyclic) bond motifs is 9. The van der Waals surface area contributed by atoms with E-state index < -0.39 is 84.0 Å². The Morgan fingerprint density at radius 2 is 1.12 bits per heavy atom. The van der Waals surface area contributed by atoms with Crippen molar-refractivity contribution in [3.63, 3.8) is 0 Å². The van der Waals surface area contributed by atoms with Crippen molar-refractivity contribution in [2.24, 2.45) is 28.2 Å². The molecule has 10 heterocycles. The normalized spacial score (nSPS) is 15.7. The third-order valence-corrected chi connectivity index (χ3v) is 15.5. The lowest BCUT2D eigenvalue weighted by Crippen LogP contribution is -2.54. The molecule has 3 aliphatic rings. The van der Waals surface area contributed by atoms with Crippen LogP contribution in [-0.2, 0) is 57.0 Å². The average molecular weight is 1360 g/mol. The van der Waals surface area contributed by atoms with E-state index in [9.17, 15) is 62.3 Å². The fourth-order valence-electron chi connectivity index (χ4n) is 10.9. The number of hydrogen-bond acceptors (Lipinski definition) is 17. The van der Waals surface area contributed by atoms with Gasteiger partial charge in [0.1, 0.15) is 40.0 Å². The van der Waals surface area contributed by atoms with Crippen LogP contribution in [0.4, 0.5) is 39.9 Å². The quantitative estimate of drug-likeness (QED) is 0.0667. The first kappa shape index (κ1) is 69.1. The molecule has 0 aromatic carbocycles. The van der Waals surface area contributed by atoms with Gasteiger partial charge in [-0.15, -0.1) is 0 Å². The maximum absolute atomic E-state index is 14.7. The van der Waals surface area contributed by atoms with Gasteiger partial charge in [-0.3, -0.25) is 72.0 Å². The van der Waals surface area contributed by atoms with Gasteiger partial charge in [0.2, 0.25) is 35.4 Å². The summed E-state index contributed by atoms with van der Waals surface area (Å²) in [7, 11) is 10.1. The highest BCUT2D eigenvalue weighted by Crippen LogP contribution is 2.26. The molecule has 0 saturated carbocycles. The van der Waals surface area contributed by atoms with Crippen molar-refractivity contribution >= 4 is 117 Å². The number of carbonyl (C=O) groups excluding carboxylic acids is 13. The summed E-state index contributed by atoms with van der Waals surface area (Å²) in [5, 5.41) is 39.4. The number of carbonyl (C=O) groups is 13. The number of nitrogens with one attached hydrogen (secondary N) is 14. The first-order valence-electron chi connectivity index (χ1n) is 31.2. The second-order valence-electron chi connectivity index (χ2n) is 23.6. The number of rotatable bonds is 13. The van der Waals surface area contributed by atoms with Gasteiger partial charge < -0.3 is 97.6 Å². The third kappa shape index (κ3) is 16.9. The van der Waals surface area contributed by atoms with Crippen molar-refractivity contribution in [1.82, 2.24) is 79.4 Å². The Morgan fingerprint density at radius 1 is 0.525 bits per heavy atom. The monoisotopic (exact) mass is 1360 g/mol. The Balaban J connectivity index is 0.966. The number of aryl methyl sites for hydroxylation is 4. The van der Waals surface area contributed by atoms with Crippen molar-refractivity contribution in [1.29, 1.82) is 0 Å². The predicted octanol–water partition coefficient (Wildman–Crippen LogP) is -0.170. The van der Waals surface area contributed by atoms with Gasteiger partial charge in [0.25, 0.3) is 47.3 Å². The van der Waals surface area contributed by atoms with Crippen LogP contribution in [0.5, 0.6) is 0 Å². The molecule has 1 atom stereocenters. The van der Waals surface area contributed by atoms with Crippen LogP contribution in [-0.4, -0.2) is 179 Å². The molecule has 10 bridgehead atoms. The van der Waals surface area contributed by atoms with E-state index in [0.717, 1.165) is 13.0 Å². The van der Waals surface area contributed by atoms with Crippen LogP contribution in [0, 0.1) is 0 Å². The van der Waals surface area contributed by atoms with Gasteiger partial charge in [0.05, 0.1) is 58.9 Å². The molecule has 3 aliphatic heterocycles. The minimum Gasteiger partial charge on any atom is -0.356 e. The minimum atomic E-state index is -1.53. The highest BCUT2D eigenvalue weighted by atomic mass is 16.2. The Bertz CT molecular complexity index is 4430. The molecule has 7 aromatic rings. The van der Waals surface area contributed by atoms with Crippen molar-refractivity contribution in [2.75, 3.05) is 95.6 Å². The molecular formula is C62H74N24O13. The van der Waals surface area contributed by atoms with Crippen LogP contribution in [0.25, 0.3) is 0 Å². The van der Waals surface area contributed by atoms with Crippen LogP contribution in [0.3, 0.4) is 0 Å². The van der Waals surface area contributed by atoms with E-state index in [0.29, 0.717) is 12.2 Å². The molecule has 0 radical (unpaired) electrons. The average Bonchev–Trinajstić information content (AvgIpc) is 1.63. The summed E-state index contributed by atoms with van der Waals surface area (Å²) in [4.78, 5) is 185. The second kappa shape index (κ2) is 29.9. The zero-order valence-electron chi connectivity index (χ0n) is 54.9. The summed E-state index contributed by atoms with van der Waals surface area (Å²) >= 11 is 0. The van der Waals surface area contributed by atoms with Crippen LogP contribution < -0.4 is 79.4 Å². The molecule has 1 unspecified atom stereocenters. The lowest BCUT2D eigenvalue weighted by molar-refractivity contribution is -0.123. The Hall–Kier alpha value is -12.7. The molecule has 7 aromatic heterocycles. The van der Waals surface area contributed by atoms with Crippen LogP contribution in [0.1, 0.15) is 119 Å². The number of imidazole rings is 1. The standard InChI is InChI=1S/C62H74N24O13/c1-34(87)68-35-20-43(81(6)26-35)58(95)73-40-25-44-57(94)66-17-12-51(90)70-39-24-46-60(97)72-36-21-41(79(4)27-36)55(92)64-14-8-10-50(89)74-47-32-82(7)53(75-47)62(99)77-48-33-86(85(46)30-39)54(76-48)61(98)67-18-13-52(91)69-38-23-45(84(29-38)83(44)31-40)59(96)71-37-22-42(80(5)28-37)56(93)65-16-11-49(88)63-15-9-19-78(2)3/h20-33,54,76H,8-19H2,1-7H3,(H,63,88)(H,64,92)(H,65,93)(H,66,94)(H,67,98)(H,68,87)(H,69,91)(H,70,90)(H,71,96)(H,72,97)(H,73,95)(H,74,89)(H,77,99). The summed E-state index contributed by atoms with van der Waals surface area (Å²) in [6.07, 6.45) is 9.63. The van der Waals surface area contributed by atoms with Gasteiger partial charge in [-0.1, -0.05) is 0 Å². The van der Waals surface area contributed by atoms with E-state index in [1.807, 2.05) is 19.0 Å². The van der Waals surface area contributed by atoms with Crippen molar-refractivity contribution < 1.29 is 62.3 Å². The van der Waals surface area contributed by atoms with Crippen molar-refractivity contribution in [3.8, 4) is 0 Å². The number of hydrogen-bond donors (Lipinski definition) is 14. The first-order valence-corrected chi connectivity index (χ1v) is 31.2. The number of nitrogens with zero attached hydrogens (tertiary/aromatic N) is 10. The Morgan fingerprint density at radius 3 is 1.83 bits per heavy atom. The largest absolute Gasteiger partial charge is 0.356 e. The van der Waals surface area contributed by atoms with E-state index in [-0.39, 0.29) is 137 Å². The molecule has 0 aliphatic carbocycles. The first-order chi connectivity index (χ1) is 47.2. The Labute approximate surface area is 563 Å². The van der Waals surface area contributed by atoms with Crippen LogP contribution in [0.2, 0.25) is 0 Å². The SMILES string of the molecule is CC(=O)Nc1cc(C(=O)Nc2cc3n(c2)-n2cc(cc2C(=O)Nc2cc(C(=O)NCCC(=O)NCCCN(C)C)n(C)c2)NC(=O)CCNC(=O)C2NC4=CN2n2cc(cc2C(=O)Nc2cc(n(C)c2)C(=O)NCCCC(=O)Nc2cn(C)c(n2)C(=O)N4)NC(=O)CCNC3=O)n(C)c1. The molecular weight excluding hydrogens is 1290 g/mol. The third-order valence-electron chi connectivity index (χ3n) is 15.5. The molecule has 0 saturated heterocycles. The Kier molecular flexibility index (Phi) is 20.9. The van der Waals surface area contributed by atoms with E-state index in [2.05, 4.69) is 79.4 Å². The molecule has 520 valence electrons. The van der Waals surface area contributed by atoms with E-state index in [4.69, 9.17) is 0 Å². The van der Waals surface area contributed by atoms with E-state index in [1.165, 1.54) is 137 Å². The number of amides is 13. The maximum Gasteiger partial charge on any atom is 0.292 e. The minimum absolute atomic E-state index is 0.00340. The predicted molar refractivity (Wildman–Crippen MR) is 358 cm³/mol. The summed E-state index contributed by atoms with van der Waals surface area (Å²) in [6.45, 7) is 1.95. The number of aromatic nitrogens is 8. The van der Waals surface area contributed by atoms with Crippen LogP contribution in [0.15, 0.2) is 91.8 Å². The second-order valence-corrected chi connectivity index (χ2v) is 23.6. The lowest BCUT2D eigenvalue weighted by Gasteiger charge is -2.27. The molecule has 13 amide bonds. The fourth-order valence-corrected chi connectivity index (χ4v) is 10.9. The van der Waals surface area contributed by atoms with Gasteiger partial charge in [0, 0.05) is 118 Å².